The zero-order chi connectivity index (χ0) is 26.6. The Morgan fingerprint density at radius 3 is 2.03 bits per heavy atom. The maximum Gasteiger partial charge on any atom is 0.435 e. The van der Waals surface area contributed by atoms with Crippen LogP contribution in [0.15, 0.2) is 36.5 Å². The van der Waals surface area contributed by atoms with Crippen LogP contribution in [0, 0.1) is 0 Å². The Morgan fingerprint density at radius 1 is 0.917 bits per heavy atom. The topological polar surface area (TPSA) is 59.8 Å². The fraction of sp³-hybridized carbons (Fsp3) is 0.286. The maximum absolute atomic E-state index is 14.4. The van der Waals surface area contributed by atoms with Gasteiger partial charge in [-0.2, -0.15) is 26.3 Å². The lowest BCUT2D eigenvalue weighted by atomic mass is 9.94. The van der Waals surface area contributed by atoms with E-state index in [1.165, 1.54) is 24.4 Å². The number of nitrogens with zero attached hydrogens (tertiary/aromatic N) is 3. The molecule has 1 saturated carbocycles. The van der Waals surface area contributed by atoms with Crippen molar-refractivity contribution in [2.45, 2.75) is 36.9 Å². The molecule has 1 aliphatic carbocycles. The third-order valence-corrected chi connectivity index (χ3v) is 6.24. The van der Waals surface area contributed by atoms with Gasteiger partial charge in [0.05, 0.1) is 26.8 Å². The number of aromatic nitrogens is 3. The number of hydrogen-bond donors (Lipinski definition) is 1. The molecule has 0 aliphatic heterocycles. The van der Waals surface area contributed by atoms with E-state index in [1.807, 2.05) is 0 Å². The molecule has 0 atom stereocenters. The van der Waals surface area contributed by atoms with Crippen molar-refractivity contribution < 1.29 is 35.5 Å². The summed E-state index contributed by atoms with van der Waals surface area (Å²) < 4.78 is 94.0. The van der Waals surface area contributed by atoms with Crippen molar-refractivity contribution in [3.63, 3.8) is 0 Å². The second kappa shape index (κ2) is 9.07. The molecule has 192 valence electrons. The van der Waals surface area contributed by atoms with Gasteiger partial charge >= 0.3 is 18.0 Å². The van der Waals surface area contributed by atoms with E-state index in [-0.39, 0.29) is 40.1 Å². The Bertz CT molecular complexity index is 1300. The number of amides is 1. The van der Waals surface area contributed by atoms with E-state index in [1.54, 1.807) is 0 Å². The molecule has 0 spiro atoms. The fourth-order valence-electron chi connectivity index (χ4n) is 3.33. The average molecular weight is 576 g/mol. The first-order valence-electron chi connectivity index (χ1n) is 9.99. The van der Waals surface area contributed by atoms with Gasteiger partial charge in [0.25, 0.3) is 5.91 Å². The molecule has 0 saturated heterocycles. The molecule has 1 amide bonds. The van der Waals surface area contributed by atoms with Gasteiger partial charge in [-0.15, -0.1) is 5.10 Å². The van der Waals surface area contributed by atoms with Gasteiger partial charge in [-0.05, 0) is 37.1 Å². The Morgan fingerprint density at radius 2 is 1.50 bits per heavy atom. The predicted molar refractivity (Wildman–Crippen MR) is 117 cm³/mol. The summed E-state index contributed by atoms with van der Waals surface area (Å²) in [4.78, 5) is 12.4. The number of rotatable bonds is 5. The van der Waals surface area contributed by atoms with Gasteiger partial charge in [0.15, 0.2) is 0 Å². The highest BCUT2D eigenvalue weighted by Gasteiger charge is 2.73. The molecule has 15 heteroatoms. The lowest BCUT2D eigenvalue weighted by Crippen LogP contribution is -2.50. The molecule has 2 aromatic carbocycles. The van der Waals surface area contributed by atoms with E-state index < -0.39 is 39.5 Å². The minimum atomic E-state index is -6.34. The van der Waals surface area contributed by atoms with Crippen molar-refractivity contribution in [1.29, 1.82) is 0 Å². The molecule has 0 bridgehead atoms. The van der Waals surface area contributed by atoms with Crippen LogP contribution >= 0.6 is 34.8 Å². The normalized spacial score (nSPS) is 14.7. The quantitative estimate of drug-likeness (QED) is 0.331. The lowest BCUT2D eigenvalue weighted by molar-refractivity contribution is -0.348. The Kier molecular flexibility index (Phi) is 6.67. The van der Waals surface area contributed by atoms with Crippen molar-refractivity contribution in [3.8, 4) is 16.9 Å². The minimum Gasteiger partial charge on any atom is -0.349 e. The van der Waals surface area contributed by atoms with Crippen LogP contribution in [0.2, 0.25) is 15.1 Å². The summed E-state index contributed by atoms with van der Waals surface area (Å²) >= 11 is 18.0. The molecule has 4 rings (SSSR count). The molecule has 1 heterocycles. The molecule has 1 aromatic heterocycles. The summed E-state index contributed by atoms with van der Waals surface area (Å²) in [5, 5.41) is 9.11. The molecule has 1 aliphatic rings. The highest BCUT2D eigenvalue weighted by Crippen LogP contribution is 2.54. The van der Waals surface area contributed by atoms with Crippen LogP contribution in [0.5, 0.6) is 0 Å². The smallest absolute Gasteiger partial charge is 0.349 e. The Labute approximate surface area is 213 Å². The van der Waals surface area contributed by atoms with E-state index in [2.05, 4.69) is 15.6 Å². The molecular formula is C21H12Cl3F7N4O. The van der Waals surface area contributed by atoms with Crippen molar-refractivity contribution >= 4 is 40.7 Å². The molecule has 1 fully saturated rings. The van der Waals surface area contributed by atoms with Crippen molar-refractivity contribution in [1.82, 2.24) is 20.3 Å². The van der Waals surface area contributed by atoms with Crippen LogP contribution in [0.1, 0.15) is 28.8 Å². The lowest BCUT2D eigenvalue weighted by Gasteiger charge is -2.30. The van der Waals surface area contributed by atoms with E-state index in [4.69, 9.17) is 34.8 Å². The largest absolute Gasteiger partial charge is 0.435 e. The summed E-state index contributed by atoms with van der Waals surface area (Å²) in [5.41, 5.74) is -7.21. The standard InChI is InChI=1S/C21H12Cl3F7N4O/c22-13-4-1-9(5-12(13)18(36)32-11-2-3-11)16-8-35(34-33-16)17-14(23)6-10(7-15(17)24)19(25,20(26,27)28)21(29,30)31/h1,4-8,11H,2-3H2,(H,32,36). The van der Waals surface area contributed by atoms with E-state index >= 15 is 0 Å². The summed E-state index contributed by atoms with van der Waals surface area (Å²) in [6.45, 7) is 0. The van der Waals surface area contributed by atoms with Gasteiger partial charge in [0, 0.05) is 17.2 Å². The second-order valence-corrected chi connectivity index (χ2v) is 9.15. The third kappa shape index (κ3) is 4.73. The monoisotopic (exact) mass is 574 g/mol. The number of alkyl halides is 7. The fourth-order valence-corrected chi connectivity index (χ4v) is 4.19. The van der Waals surface area contributed by atoms with E-state index in [0.29, 0.717) is 5.56 Å². The number of benzene rings is 2. The van der Waals surface area contributed by atoms with Crippen LogP contribution in [0.25, 0.3) is 16.9 Å². The van der Waals surface area contributed by atoms with Crippen LogP contribution in [0.4, 0.5) is 30.7 Å². The van der Waals surface area contributed by atoms with E-state index in [9.17, 15) is 35.5 Å². The van der Waals surface area contributed by atoms with Crippen LogP contribution in [0.3, 0.4) is 0 Å². The average Bonchev–Trinajstić information content (AvgIpc) is 3.44. The van der Waals surface area contributed by atoms with Crippen LogP contribution < -0.4 is 5.32 Å². The van der Waals surface area contributed by atoms with Gasteiger partial charge in [-0.3, -0.25) is 4.79 Å². The first-order chi connectivity index (χ1) is 16.6. The molecule has 3 aromatic rings. The number of halogens is 10. The molecule has 0 unspecified atom stereocenters. The van der Waals surface area contributed by atoms with Crippen molar-refractivity contribution in [2.75, 3.05) is 0 Å². The highest BCUT2D eigenvalue weighted by molar-refractivity contribution is 6.38. The molecule has 5 nitrogen and oxygen atoms in total. The third-order valence-electron chi connectivity index (χ3n) is 5.34. The Balaban J connectivity index is 1.71. The van der Waals surface area contributed by atoms with Gasteiger partial charge in [0.2, 0.25) is 0 Å². The first kappa shape index (κ1) is 26.5. The molecule has 0 radical (unpaired) electrons. The van der Waals surface area contributed by atoms with E-state index in [0.717, 1.165) is 17.5 Å². The summed E-state index contributed by atoms with van der Waals surface area (Å²) in [6.07, 6.45) is -9.75. The maximum atomic E-state index is 14.4. The van der Waals surface area contributed by atoms with Crippen LogP contribution in [-0.2, 0) is 5.67 Å². The highest BCUT2D eigenvalue weighted by atomic mass is 35.5. The number of carbonyl (C=O) groups is 1. The summed E-state index contributed by atoms with van der Waals surface area (Å²) in [6, 6.07) is 4.82. The minimum absolute atomic E-state index is 0.0723. The summed E-state index contributed by atoms with van der Waals surface area (Å²) in [7, 11) is 0. The second-order valence-electron chi connectivity index (χ2n) is 7.93. The van der Waals surface area contributed by atoms with Gasteiger partial charge < -0.3 is 5.32 Å². The van der Waals surface area contributed by atoms with Crippen molar-refractivity contribution in [2.24, 2.45) is 0 Å². The SMILES string of the molecule is O=C(NC1CC1)c1cc(-c2cn(-c3c(Cl)cc(C(F)(C(F)(F)F)C(F)(F)F)cc3Cl)nn2)ccc1Cl. The molecule has 1 N–H and O–H groups in total. The van der Waals surface area contributed by atoms with Gasteiger partial charge in [0.1, 0.15) is 11.4 Å². The zero-order valence-electron chi connectivity index (χ0n) is 17.5. The summed E-state index contributed by atoms with van der Waals surface area (Å²) in [5.74, 6) is -0.401. The Hall–Kier alpha value is -2.57. The number of hydrogen-bond acceptors (Lipinski definition) is 3. The van der Waals surface area contributed by atoms with Crippen molar-refractivity contribution in [3.05, 3.63) is 62.7 Å². The molecular weight excluding hydrogens is 564 g/mol. The number of nitrogens with one attached hydrogen (secondary N) is 1. The van der Waals surface area contributed by atoms with Gasteiger partial charge in [-0.1, -0.05) is 46.1 Å². The predicted octanol–water partition coefficient (Wildman–Crippen LogP) is 7.08. The van der Waals surface area contributed by atoms with Gasteiger partial charge in [-0.25, -0.2) is 9.07 Å². The zero-order valence-corrected chi connectivity index (χ0v) is 19.8. The van der Waals surface area contributed by atoms with Crippen LogP contribution in [-0.4, -0.2) is 39.3 Å². The molecule has 36 heavy (non-hydrogen) atoms. The first-order valence-corrected chi connectivity index (χ1v) is 11.1. The number of carbonyl (C=O) groups excluding carboxylic acids is 1.